The molecule has 0 spiro atoms. The minimum Gasteiger partial charge on any atom is -0.497 e. The van der Waals surface area contributed by atoms with E-state index < -0.39 is 0 Å². The largest absolute Gasteiger partial charge is 0.497 e. The third-order valence-electron chi connectivity index (χ3n) is 2.96. The van der Waals surface area contributed by atoms with Crippen molar-refractivity contribution in [3.63, 3.8) is 0 Å². The highest BCUT2D eigenvalue weighted by molar-refractivity contribution is 5.34. The number of hydrogen-bond acceptors (Lipinski definition) is 3. The predicted octanol–water partition coefficient (Wildman–Crippen LogP) is 2.40. The Kier molecular flexibility index (Phi) is 2.88. The Balaban J connectivity index is 2.35. The summed E-state index contributed by atoms with van der Waals surface area (Å²) < 4.78 is 5.46. The first-order valence-electron chi connectivity index (χ1n) is 5.43. The lowest BCUT2D eigenvalue weighted by Crippen LogP contribution is -2.47. The molecule has 0 saturated carbocycles. The van der Waals surface area contributed by atoms with Crippen LogP contribution in [0.25, 0.3) is 0 Å². The second-order valence-corrected chi connectivity index (χ2v) is 4.16. The van der Waals surface area contributed by atoms with Crippen molar-refractivity contribution >= 4 is 0 Å². The second kappa shape index (κ2) is 4.18. The summed E-state index contributed by atoms with van der Waals surface area (Å²) >= 11 is 0. The molecule has 1 aromatic carbocycles. The van der Waals surface area contributed by atoms with Crippen molar-refractivity contribution in [1.82, 2.24) is 10.0 Å². The molecule has 0 saturated heterocycles. The van der Waals surface area contributed by atoms with Crippen LogP contribution < -0.4 is 0 Å². The fourth-order valence-electron chi connectivity index (χ4n) is 2.27. The molecule has 1 heterocycles. The summed E-state index contributed by atoms with van der Waals surface area (Å²) in [5, 5.41) is 4.32. The molecule has 3 heteroatoms. The molecule has 0 aliphatic carbocycles. The summed E-state index contributed by atoms with van der Waals surface area (Å²) in [6.07, 6.45) is 0. The highest BCUT2D eigenvalue weighted by Gasteiger charge is 2.38. The SMILES string of the molecule is COC1=C(C)N(N(C)C)C1c1ccccc1. The number of hydrogen-bond donors (Lipinski definition) is 0. The van der Waals surface area contributed by atoms with Crippen LogP contribution in [0.2, 0.25) is 0 Å². The number of hydrazine groups is 1. The molecule has 1 aliphatic rings. The maximum Gasteiger partial charge on any atom is 0.144 e. The lowest BCUT2D eigenvalue weighted by molar-refractivity contribution is -0.0365. The van der Waals surface area contributed by atoms with Crippen LogP contribution in [0.3, 0.4) is 0 Å². The molecule has 0 amide bonds. The Morgan fingerprint density at radius 2 is 1.81 bits per heavy atom. The third kappa shape index (κ3) is 1.57. The first-order chi connectivity index (χ1) is 7.66. The molecule has 2 rings (SSSR count). The van der Waals surface area contributed by atoms with E-state index in [1.54, 1.807) is 7.11 Å². The zero-order valence-electron chi connectivity index (χ0n) is 10.3. The molecule has 1 aromatic rings. The molecule has 0 fully saturated rings. The third-order valence-corrected chi connectivity index (χ3v) is 2.96. The Hall–Kier alpha value is -1.48. The maximum atomic E-state index is 5.46. The van der Waals surface area contributed by atoms with Crippen molar-refractivity contribution in [3.8, 4) is 0 Å². The van der Waals surface area contributed by atoms with E-state index in [1.165, 1.54) is 11.3 Å². The molecular weight excluding hydrogens is 200 g/mol. The zero-order valence-corrected chi connectivity index (χ0v) is 10.3. The van der Waals surface area contributed by atoms with Crippen LogP contribution in [-0.4, -0.2) is 31.2 Å². The summed E-state index contributed by atoms with van der Waals surface area (Å²) in [4.78, 5) is 0. The summed E-state index contributed by atoms with van der Waals surface area (Å²) in [6, 6.07) is 10.6. The minimum atomic E-state index is 0.223. The van der Waals surface area contributed by atoms with E-state index in [0.717, 1.165) is 5.76 Å². The van der Waals surface area contributed by atoms with Crippen LogP contribution in [0, 0.1) is 0 Å². The summed E-state index contributed by atoms with van der Waals surface area (Å²) in [6.45, 7) is 2.08. The topological polar surface area (TPSA) is 15.7 Å². The first-order valence-corrected chi connectivity index (χ1v) is 5.43. The van der Waals surface area contributed by atoms with Crippen molar-refractivity contribution in [2.75, 3.05) is 21.2 Å². The van der Waals surface area contributed by atoms with E-state index in [2.05, 4.69) is 41.2 Å². The molecule has 0 N–H and O–H groups in total. The van der Waals surface area contributed by atoms with E-state index >= 15 is 0 Å². The Bertz CT molecular complexity index is 398. The van der Waals surface area contributed by atoms with Crippen LogP contribution >= 0.6 is 0 Å². The fraction of sp³-hybridized carbons (Fsp3) is 0.385. The summed E-state index contributed by atoms with van der Waals surface area (Å²) in [7, 11) is 5.83. The molecule has 1 atom stereocenters. The van der Waals surface area contributed by atoms with Gasteiger partial charge in [-0.25, -0.2) is 5.01 Å². The van der Waals surface area contributed by atoms with Gasteiger partial charge in [-0.05, 0) is 12.5 Å². The standard InChI is InChI=1S/C13H18N2O/c1-10-13(16-4)12(15(10)14(2)3)11-8-6-5-7-9-11/h5-9,12H,1-4H3. The molecule has 0 bridgehead atoms. The van der Waals surface area contributed by atoms with Gasteiger partial charge >= 0.3 is 0 Å². The summed E-state index contributed by atoms with van der Waals surface area (Å²) in [5.74, 6) is 1.06. The van der Waals surface area contributed by atoms with Gasteiger partial charge in [-0.15, -0.1) is 0 Å². The molecular formula is C13H18N2O. The van der Waals surface area contributed by atoms with Crippen LogP contribution in [0.1, 0.15) is 18.5 Å². The Morgan fingerprint density at radius 1 is 1.19 bits per heavy atom. The molecule has 0 radical (unpaired) electrons. The lowest BCUT2D eigenvalue weighted by atomic mass is 9.96. The van der Waals surface area contributed by atoms with E-state index in [4.69, 9.17) is 4.74 Å². The van der Waals surface area contributed by atoms with Gasteiger partial charge in [-0.1, -0.05) is 30.3 Å². The lowest BCUT2D eigenvalue weighted by Gasteiger charge is -2.47. The zero-order chi connectivity index (χ0) is 11.7. The van der Waals surface area contributed by atoms with Gasteiger partial charge in [0.05, 0.1) is 12.8 Å². The number of methoxy groups -OCH3 is 1. The second-order valence-electron chi connectivity index (χ2n) is 4.16. The van der Waals surface area contributed by atoms with E-state index in [-0.39, 0.29) is 6.04 Å². The quantitative estimate of drug-likeness (QED) is 0.774. The van der Waals surface area contributed by atoms with Gasteiger partial charge in [0, 0.05) is 14.1 Å². The van der Waals surface area contributed by atoms with Crippen molar-refractivity contribution in [2.24, 2.45) is 0 Å². The fourth-order valence-corrected chi connectivity index (χ4v) is 2.27. The number of allylic oxidation sites excluding steroid dienone is 1. The van der Waals surface area contributed by atoms with Crippen molar-refractivity contribution < 1.29 is 4.74 Å². The van der Waals surface area contributed by atoms with Crippen molar-refractivity contribution in [2.45, 2.75) is 13.0 Å². The van der Waals surface area contributed by atoms with Gasteiger partial charge in [-0.2, -0.15) is 0 Å². The Morgan fingerprint density at radius 3 is 2.31 bits per heavy atom. The van der Waals surface area contributed by atoms with E-state index in [9.17, 15) is 0 Å². The molecule has 86 valence electrons. The smallest absolute Gasteiger partial charge is 0.144 e. The predicted molar refractivity (Wildman–Crippen MR) is 64.4 cm³/mol. The molecule has 0 aromatic heterocycles. The van der Waals surface area contributed by atoms with Crippen molar-refractivity contribution in [1.29, 1.82) is 0 Å². The van der Waals surface area contributed by atoms with Crippen LogP contribution in [0.15, 0.2) is 41.8 Å². The van der Waals surface area contributed by atoms with Crippen LogP contribution in [-0.2, 0) is 4.74 Å². The van der Waals surface area contributed by atoms with Crippen molar-refractivity contribution in [3.05, 3.63) is 47.4 Å². The molecule has 1 unspecified atom stereocenters. The average molecular weight is 218 g/mol. The van der Waals surface area contributed by atoms with Gasteiger partial charge in [0.15, 0.2) is 0 Å². The number of ether oxygens (including phenoxy) is 1. The normalized spacial score (nSPS) is 20.1. The van der Waals surface area contributed by atoms with E-state index in [0.29, 0.717) is 0 Å². The highest BCUT2D eigenvalue weighted by Crippen LogP contribution is 2.42. The average Bonchev–Trinajstić information content (AvgIpc) is 2.27. The van der Waals surface area contributed by atoms with Gasteiger partial charge in [0.25, 0.3) is 0 Å². The first kappa shape index (κ1) is 11.0. The molecule has 16 heavy (non-hydrogen) atoms. The van der Waals surface area contributed by atoms with Gasteiger partial charge in [0.1, 0.15) is 11.8 Å². The number of nitrogens with zero attached hydrogens (tertiary/aromatic N) is 2. The Labute approximate surface area is 96.9 Å². The maximum absolute atomic E-state index is 5.46. The monoisotopic (exact) mass is 218 g/mol. The number of benzene rings is 1. The van der Waals surface area contributed by atoms with Gasteiger partial charge in [0.2, 0.25) is 0 Å². The van der Waals surface area contributed by atoms with E-state index in [1.807, 2.05) is 20.2 Å². The summed E-state index contributed by atoms with van der Waals surface area (Å²) in [5.41, 5.74) is 2.44. The van der Waals surface area contributed by atoms with Crippen LogP contribution in [0.5, 0.6) is 0 Å². The number of rotatable bonds is 3. The highest BCUT2D eigenvalue weighted by atomic mass is 16.5. The minimum absolute atomic E-state index is 0.223. The van der Waals surface area contributed by atoms with Gasteiger partial charge < -0.3 is 4.74 Å². The molecule has 1 aliphatic heterocycles. The van der Waals surface area contributed by atoms with Crippen LogP contribution in [0.4, 0.5) is 0 Å². The van der Waals surface area contributed by atoms with Gasteiger partial charge in [-0.3, -0.25) is 5.01 Å². The molecule has 3 nitrogen and oxygen atoms in total.